The van der Waals surface area contributed by atoms with Crippen molar-refractivity contribution in [3.05, 3.63) is 35.3 Å². The molecule has 1 aliphatic carbocycles. The summed E-state index contributed by atoms with van der Waals surface area (Å²) in [5.41, 5.74) is 2.76. The zero-order chi connectivity index (χ0) is 14.6. The van der Waals surface area contributed by atoms with Crippen LogP contribution in [0.4, 0.5) is 0 Å². The van der Waals surface area contributed by atoms with E-state index in [-0.39, 0.29) is 23.5 Å². The van der Waals surface area contributed by atoms with Crippen molar-refractivity contribution < 1.29 is 9.59 Å². The molecule has 0 bridgehead atoms. The average Bonchev–Trinajstić information content (AvgIpc) is 2.85. The highest BCUT2D eigenvalue weighted by molar-refractivity contribution is 6.22. The number of aromatic nitrogens is 1. The topological polar surface area (TPSA) is 42.3 Å². The number of Topliss-reactive ketones (excluding diaryl/α,β-unsaturated/α-hetero) is 2. The normalized spacial score (nSPS) is 28.9. The summed E-state index contributed by atoms with van der Waals surface area (Å²) >= 11 is 0. The fourth-order valence-electron chi connectivity index (χ4n) is 4.20. The van der Waals surface area contributed by atoms with Crippen LogP contribution in [0.15, 0.2) is 29.6 Å². The zero-order valence-corrected chi connectivity index (χ0v) is 12.3. The number of hydrogen-bond donors (Lipinski definition) is 0. The van der Waals surface area contributed by atoms with Crippen molar-refractivity contribution in [3.8, 4) is 0 Å². The van der Waals surface area contributed by atoms with Gasteiger partial charge in [-0.05, 0) is 31.4 Å². The maximum Gasteiger partial charge on any atom is 0.173 e. The van der Waals surface area contributed by atoms with Crippen molar-refractivity contribution in [1.82, 2.24) is 9.47 Å². The number of rotatable bonds is 0. The van der Waals surface area contributed by atoms with E-state index in [4.69, 9.17) is 0 Å². The summed E-state index contributed by atoms with van der Waals surface area (Å²) in [6, 6.07) is 4.29. The van der Waals surface area contributed by atoms with E-state index in [0.717, 1.165) is 38.0 Å². The molecule has 2 aliphatic heterocycles. The Morgan fingerprint density at radius 2 is 2.00 bits per heavy atom. The number of ketones is 2. The molecule has 0 saturated carbocycles. The Balaban J connectivity index is 1.89. The molecule has 1 aromatic heterocycles. The van der Waals surface area contributed by atoms with Gasteiger partial charge in [-0.1, -0.05) is 6.92 Å². The van der Waals surface area contributed by atoms with Gasteiger partial charge in [-0.2, -0.15) is 0 Å². The van der Waals surface area contributed by atoms with Crippen LogP contribution in [0.3, 0.4) is 0 Å². The Morgan fingerprint density at radius 1 is 1.14 bits per heavy atom. The van der Waals surface area contributed by atoms with Crippen molar-refractivity contribution in [2.24, 2.45) is 5.92 Å². The molecule has 0 fully saturated rings. The van der Waals surface area contributed by atoms with E-state index in [9.17, 15) is 9.59 Å². The van der Waals surface area contributed by atoms with Gasteiger partial charge in [0, 0.05) is 43.0 Å². The van der Waals surface area contributed by atoms with Gasteiger partial charge in [0.2, 0.25) is 0 Å². The van der Waals surface area contributed by atoms with Gasteiger partial charge in [-0.15, -0.1) is 0 Å². The largest absolute Gasteiger partial charge is 0.365 e. The molecule has 3 aliphatic rings. The van der Waals surface area contributed by atoms with E-state index in [1.807, 2.05) is 6.92 Å². The van der Waals surface area contributed by atoms with Crippen molar-refractivity contribution in [3.63, 3.8) is 0 Å². The van der Waals surface area contributed by atoms with Gasteiger partial charge in [0.25, 0.3) is 0 Å². The minimum Gasteiger partial charge on any atom is -0.365 e. The van der Waals surface area contributed by atoms with Gasteiger partial charge in [-0.25, -0.2) is 0 Å². The standard InChI is InChI=1S/C17H20N2O2/c1-11-16-13-6-3-8-18(13)9-4-10-19(16)12-5-2-7-14(20)15(12)17(11)21/h3,6,8,11,16H,2,4-5,7,9-10H2,1H3/t11-,16+/m0/s1. The monoisotopic (exact) mass is 284 g/mol. The molecule has 0 unspecified atom stereocenters. The lowest BCUT2D eigenvalue weighted by molar-refractivity contribution is -0.127. The molecule has 2 atom stereocenters. The Morgan fingerprint density at radius 3 is 2.86 bits per heavy atom. The lowest BCUT2D eigenvalue weighted by Crippen LogP contribution is -2.44. The number of hydrogen-bond acceptors (Lipinski definition) is 3. The van der Waals surface area contributed by atoms with Gasteiger partial charge in [0.15, 0.2) is 11.6 Å². The molecule has 4 rings (SSSR count). The summed E-state index contributed by atoms with van der Waals surface area (Å²) in [4.78, 5) is 27.3. The molecule has 0 spiro atoms. The lowest BCUT2D eigenvalue weighted by atomic mass is 9.78. The molecule has 0 amide bonds. The smallest absolute Gasteiger partial charge is 0.173 e. The average molecular weight is 284 g/mol. The summed E-state index contributed by atoms with van der Waals surface area (Å²) in [5.74, 6) is -0.0191. The first-order chi connectivity index (χ1) is 10.2. The van der Waals surface area contributed by atoms with Gasteiger partial charge in [0.1, 0.15) is 0 Å². The number of carbonyl (C=O) groups is 2. The van der Waals surface area contributed by atoms with Crippen molar-refractivity contribution in [1.29, 1.82) is 0 Å². The molecule has 4 heteroatoms. The molecule has 0 saturated heterocycles. The SMILES string of the molecule is C[C@@H]1C(=O)C2=C(CCCC2=O)N2CCCn3cccc3[C@@H]12. The second-order valence-electron chi connectivity index (χ2n) is 6.37. The quantitative estimate of drug-likeness (QED) is 0.687. The Kier molecular flexibility index (Phi) is 2.81. The molecule has 1 aromatic rings. The van der Waals surface area contributed by atoms with Gasteiger partial charge >= 0.3 is 0 Å². The van der Waals surface area contributed by atoms with Crippen molar-refractivity contribution >= 4 is 11.6 Å². The first kappa shape index (κ1) is 12.9. The fourth-order valence-corrected chi connectivity index (χ4v) is 4.20. The maximum absolute atomic E-state index is 12.8. The predicted molar refractivity (Wildman–Crippen MR) is 78.6 cm³/mol. The molecule has 0 N–H and O–H groups in total. The second kappa shape index (κ2) is 4.58. The summed E-state index contributed by atoms with van der Waals surface area (Å²) < 4.78 is 2.27. The van der Waals surface area contributed by atoms with Crippen molar-refractivity contribution in [2.45, 2.75) is 45.2 Å². The van der Waals surface area contributed by atoms with Crippen LogP contribution in [-0.4, -0.2) is 27.6 Å². The van der Waals surface area contributed by atoms with E-state index in [2.05, 4.69) is 27.8 Å². The summed E-state index contributed by atoms with van der Waals surface area (Å²) in [6.45, 7) is 3.91. The minimum atomic E-state index is -0.141. The molecule has 110 valence electrons. The molecular weight excluding hydrogens is 264 g/mol. The highest BCUT2D eigenvalue weighted by Gasteiger charge is 2.44. The van der Waals surface area contributed by atoms with Crippen LogP contribution in [0.1, 0.15) is 44.3 Å². The Hall–Kier alpha value is -1.84. The lowest BCUT2D eigenvalue weighted by Gasteiger charge is -2.43. The van der Waals surface area contributed by atoms with Crippen molar-refractivity contribution in [2.75, 3.05) is 6.54 Å². The summed E-state index contributed by atoms with van der Waals surface area (Å²) in [6.07, 6.45) is 5.45. The van der Waals surface area contributed by atoms with Crippen LogP contribution < -0.4 is 0 Å². The number of fused-ring (bicyclic) bond motifs is 4. The predicted octanol–water partition coefficient (Wildman–Crippen LogP) is 2.46. The maximum atomic E-state index is 12.8. The molecular formula is C17H20N2O2. The molecule has 21 heavy (non-hydrogen) atoms. The molecule has 0 radical (unpaired) electrons. The van der Waals surface area contributed by atoms with Crippen LogP contribution in [0.2, 0.25) is 0 Å². The van der Waals surface area contributed by atoms with Crippen LogP contribution in [0.25, 0.3) is 0 Å². The van der Waals surface area contributed by atoms with Crippen LogP contribution >= 0.6 is 0 Å². The van der Waals surface area contributed by atoms with Crippen LogP contribution in [0, 0.1) is 5.92 Å². The Bertz CT molecular complexity index is 656. The van der Waals surface area contributed by atoms with E-state index in [1.165, 1.54) is 5.69 Å². The Labute approximate surface area is 124 Å². The zero-order valence-electron chi connectivity index (χ0n) is 12.3. The van der Waals surface area contributed by atoms with E-state index < -0.39 is 0 Å². The van der Waals surface area contributed by atoms with E-state index >= 15 is 0 Å². The van der Waals surface area contributed by atoms with Gasteiger partial charge < -0.3 is 9.47 Å². The molecule has 4 nitrogen and oxygen atoms in total. The van der Waals surface area contributed by atoms with Crippen LogP contribution in [0.5, 0.6) is 0 Å². The molecule has 3 heterocycles. The highest BCUT2D eigenvalue weighted by Crippen LogP contribution is 2.44. The third-order valence-corrected chi connectivity index (χ3v) is 5.17. The third kappa shape index (κ3) is 1.74. The summed E-state index contributed by atoms with van der Waals surface area (Å²) in [7, 11) is 0. The third-order valence-electron chi connectivity index (χ3n) is 5.17. The number of allylic oxidation sites excluding steroid dienone is 2. The second-order valence-corrected chi connectivity index (χ2v) is 6.37. The van der Waals surface area contributed by atoms with Crippen LogP contribution in [-0.2, 0) is 16.1 Å². The fraction of sp³-hybridized carbons (Fsp3) is 0.529. The highest BCUT2D eigenvalue weighted by atomic mass is 16.2. The van der Waals surface area contributed by atoms with Gasteiger partial charge in [0.05, 0.1) is 11.6 Å². The first-order valence-electron chi connectivity index (χ1n) is 7.90. The van der Waals surface area contributed by atoms with E-state index in [1.54, 1.807) is 0 Å². The number of nitrogens with zero attached hydrogens (tertiary/aromatic N) is 2. The van der Waals surface area contributed by atoms with E-state index in [0.29, 0.717) is 12.0 Å². The first-order valence-corrected chi connectivity index (χ1v) is 7.90. The minimum absolute atomic E-state index is 0.0607. The molecule has 0 aromatic carbocycles. The summed E-state index contributed by atoms with van der Waals surface area (Å²) in [5, 5.41) is 0. The number of carbonyl (C=O) groups excluding carboxylic acids is 2. The van der Waals surface area contributed by atoms with Gasteiger partial charge in [-0.3, -0.25) is 9.59 Å². The number of aryl methyl sites for hydroxylation is 1.